The number of carbonyl (C=O) groups excluding carboxylic acids is 2. The number of ketones is 2. The van der Waals surface area contributed by atoms with Crippen molar-refractivity contribution in [3.8, 4) is 0 Å². The molecule has 2 saturated heterocycles. The van der Waals surface area contributed by atoms with Crippen LogP contribution in [0.1, 0.15) is 46.1 Å². The molecule has 3 rings (SSSR count). The van der Waals surface area contributed by atoms with E-state index in [1.807, 2.05) is 33.8 Å². The number of piperidine rings is 2. The molecule has 0 radical (unpaired) electrons. The van der Waals surface area contributed by atoms with Crippen molar-refractivity contribution in [3.63, 3.8) is 0 Å². The first-order valence-corrected chi connectivity index (χ1v) is 9.24. The Labute approximate surface area is 152 Å². The third-order valence-corrected chi connectivity index (χ3v) is 5.13. The zero-order valence-electron chi connectivity index (χ0n) is 16.1. The van der Waals surface area contributed by atoms with Gasteiger partial charge < -0.3 is 5.32 Å². The molecule has 1 N–H and O–H groups in total. The van der Waals surface area contributed by atoms with E-state index in [1.54, 1.807) is 0 Å². The van der Waals surface area contributed by atoms with E-state index in [9.17, 15) is 9.59 Å². The van der Waals surface area contributed by atoms with Gasteiger partial charge in [-0.05, 0) is 5.56 Å². The molecule has 2 fully saturated rings. The fraction of sp³-hybridized carbons (Fsp3) is 0.619. The van der Waals surface area contributed by atoms with Crippen LogP contribution >= 0.6 is 0 Å². The summed E-state index contributed by atoms with van der Waals surface area (Å²) in [5.74, 6) is 0.790. The lowest BCUT2D eigenvalue weighted by atomic mass is 9.82. The summed E-state index contributed by atoms with van der Waals surface area (Å²) in [5, 5.41) is 3.18. The SMILES string of the molecule is CC1(C)CN(Cc2ccccc2)CCC1=O.CC1(C)CNCCC1=O. The number of hydrogen-bond acceptors (Lipinski definition) is 4. The van der Waals surface area contributed by atoms with Crippen molar-refractivity contribution in [2.24, 2.45) is 10.8 Å². The Morgan fingerprint density at radius 1 is 0.960 bits per heavy atom. The highest BCUT2D eigenvalue weighted by atomic mass is 16.1. The largest absolute Gasteiger partial charge is 0.315 e. The lowest BCUT2D eigenvalue weighted by Crippen LogP contribution is -2.45. The normalized spacial score (nSPS) is 22.9. The molecule has 1 aromatic rings. The minimum absolute atomic E-state index is 0.113. The maximum absolute atomic E-state index is 11.7. The standard InChI is InChI=1S/C14H19NO.C7H13NO/c1-14(2)11-15(9-8-13(14)16)10-12-6-4-3-5-7-12;1-7(2)5-8-4-3-6(7)9/h3-7H,8-11H2,1-2H3;8H,3-5H2,1-2H3. The third-order valence-electron chi connectivity index (χ3n) is 5.13. The smallest absolute Gasteiger partial charge is 0.141 e. The molecule has 0 bridgehead atoms. The first-order valence-electron chi connectivity index (χ1n) is 9.24. The molecule has 0 unspecified atom stereocenters. The van der Waals surface area contributed by atoms with Crippen molar-refractivity contribution in [1.29, 1.82) is 0 Å². The minimum atomic E-state index is -0.174. The molecule has 1 aromatic carbocycles. The number of Topliss-reactive ketones (excluding diaryl/α,β-unsaturated/α-hetero) is 2. The summed E-state index contributed by atoms with van der Waals surface area (Å²) in [6.45, 7) is 12.5. The van der Waals surface area contributed by atoms with E-state index in [-0.39, 0.29) is 10.8 Å². The van der Waals surface area contributed by atoms with Gasteiger partial charge in [-0.1, -0.05) is 58.0 Å². The van der Waals surface area contributed by atoms with Crippen LogP contribution in [0.25, 0.3) is 0 Å². The zero-order valence-corrected chi connectivity index (χ0v) is 16.1. The Bertz CT molecular complexity index is 593. The summed E-state index contributed by atoms with van der Waals surface area (Å²) in [7, 11) is 0. The molecular formula is C21H32N2O2. The van der Waals surface area contributed by atoms with Crippen LogP contribution in [0.15, 0.2) is 30.3 Å². The highest BCUT2D eigenvalue weighted by molar-refractivity contribution is 5.85. The van der Waals surface area contributed by atoms with Crippen LogP contribution in [0.3, 0.4) is 0 Å². The van der Waals surface area contributed by atoms with E-state index >= 15 is 0 Å². The monoisotopic (exact) mass is 344 g/mol. The lowest BCUT2D eigenvalue weighted by Gasteiger charge is -2.36. The van der Waals surface area contributed by atoms with Crippen LogP contribution in [0.5, 0.6) is 0 Å². The predicted octanol–water partition coefficient (Wildman–Crippen LogP) is 3.06. The molecular weight excluding hydrogens is 312 g/mol. The molecule has 0 aliphatic carbocycles. The lowest BCUT2D eigenvalue weighted by molar-refractivity contribution is -0.131. The van der Waals surface area contributed by atoms with Crippen LogP contribution in [0.2, 0.25) is 0 Å². The number of nitrogens with zero attached hydrogens (tertiary/aromatic N) is 1. The third kappa shape index (κ3) is 5.75. The van der Waals surface area contributed by atoms with Gasteiger partial charge in [0, 0.05) is 56.4 Å². The molecule has 0 saturated carbocycles. The average molecular weight is 344 g/mol. The van der Waals surface area contributed by atoms with Crippen molar-refractivity contribution in [2.45, 2.75) is 47.1 Å². The van der Waals surface area contributed by atoms with Gasteiger partial charge in [0.05, 0.1) is 0 Å². The van der Waals surface area contributed by atoms with Gasteiger partial charge in [0.25, 0.3) is 0 Å². The molecule has 0 atom stereocenters. The Morgan fingerprint density at radius 2 is 1.60 bits per heavy atom. The number of likely N-dealkylation sites (tertiary alicyclic amines) is 1. The molecule has 0 aromatic heterocycles. The highest BCUT2D eigenvalue weighted by Crippen LogP contribution is 2.26. The molecule has 2 aliphatic rings. The Balaban J connectivity index is 0.000000212. The van der Waals surface area contributed by atoms with Gasteiger partial charge >= 0.3 is 0 Å². The van der Waals surface area contributed by atoms with Crippen molar-refractivity contribution < 1.29 is 9.59 Å². The molecule has 0 amide bonds. The quantitative estimate of drug-likeness (QED) is 0.896. The molecule has 138 valence electrons. The van der Waals surface area contributed by atoms with Crippen LogP contribution < -0.4 is 5.32 Å². The van der Waals surface area contributed by atoms with E-state index in [0.717, 1.165) is 32.7 Å². The van der Waals surface area contributed by atoms with Crippen LogP contribution in [0, 0.1) is 10.8 Å². The second-order valence-electron chi connectivity index (χ2n) is 8.49. The summed E-state index contributed by atoms with van der Waals surface area (Å²) in [6, 6.07) is 10.4. The van der Waals surface area contributed by atoms with E-state index < -0.39 is 0 Å². The maximum atomic E-state index is 11.7. The number of benzene rings is 1. The Morgan fingerprint density at radius 3 is 2.12 bits per heavy atom. The first-order chi connectivity index (χ1) is 11.7. The van der Waals surface area contributed by atoms with Crippen molar-refractivity contribution in [3.05, 3.63) is 35.9 Å². The van der Waals surface area contributed by atoms with Crippen LogP contribution in [-0.4, -0.2) is 42.6 Å². The molecule has 0 spiro atoms. The summed E-state index contributed by atoms with van der Waals surface area (Å²) >= 11 is 0. The summed E-state index contributed by atoms with van der Waals surface area (Å²) < 4.78 is 0. The second kappa shape index (κ2) is 8.24. The fourth-order valence-corrected chi connectivity index (χ4v) is 3.34. The number of carbonyl (C=O) groups is 2. The van der Waals surface area contributed by atoms with Crippen molar-refractivity contribution in [1.82, 2.24) is 10.2 Å². The average Bonchev–Trinajstić information content (AvgIpc) is 2.55. The topological polar surface area (TPSA) is 49.4 Å². The number of nitrogens with one attached hydrogen (secondary N) is 1. The number of hydrogen-bond donors (Lipinski definition) is 1. The summed E-state index contributed by atoms with van der Waals surface area (Å²) in [6.07, 6.45) is 1.40. The van der Waals surface area contributed by atoms with E-state index in [4.69, 9.17) is 0 Å². The molecule has 4 heteroatoms. The Hall–Kier alpha value is -1.52. The van der Waals surface area contributed by atoms with Gasteiger partial charge in [-0.15, -0.1) is 0 Å². The van der Waals surface area contributed by atoms with E-state index in [0.29, 0.717) is 24.4 Å². The van der Waals surface area contributed by atoms with Gasteiger partial charge in [0.1, 0.15) is 11.6 Å². The molecule has 2 aliphatic heterocycles. The van der Waals surface area contributed by atoms with Gasteiger partial charge in [-0.25, -0.2) is 0 Å². The van der Waals surface area contributed by atoms with Crippen LogP contribution in [0.4, 0.5) is 0 Å². The first kappa shape index (κ1) is 19.8. The van der Waals surface area contributed by atoms with Crippen molar-refractivity contribution in [2.75, 3.05) is 26.2 Å². The predicted molar refractivity (Wildman–Crippen MR) is 101 cm³/mol. The highest BCUT2D eigenvalue weighted by Gasteiger charge is 2.33. The van der Waals surface area contributed by atoms with Gasteiger partial charge in [0.2, 0.25) is 0 Å². The number of rotatable bonds is 2. The molecule has 2 heterocycles. The van der Waals surface area contributed by atoms with E-state index in [1.165, 1.54) is 5.56 Å². The summed E-state index contributed by atoms with van der Waals surface area (Å²) in [5.41, 5.74) is 1.04. The van der Waals surface area contributed by atoms with Gasteiger partial charge in [-0.3, -0.25) is 14.5 Å². The Kier molecular flexibility index (Phi) is 6.53. The summed E-state index contributed by atoms with van der Waals surface area (Å²) in [4.78, 5) is 25.1. The van der Waals surface area contributed by atoms with Crippen molar-refractivity contribution >= 4 is 11.6 Å². The maximum Gasteiger partial charge on any atom is 0.141 e. The molecule has 25 heavy (non-hydrogen) atoms. The second-order valence-corrected chi connectivity index (χ2v) is 8.49. The van der Waals surface area contributed by atoms with E-state index in [2.05, 4.69) is 34.5 Å². The molecule has 4 nitrogen and oxygen atoms in total. The van der Waals surface area contributed by atoms with Crippen LogP contribution in [-0.2, 0) is 16.1 Å². The minimum Gasteiger partial charge on any atom is -0.315 e. The van der Waals surface area contributed by atoms with Gasteiger partial charge in [-0.2, -0.15) is 0 Å². The fourth-order valence-electron chi connectivity index (χ4n) is 3.34. The zero-order chi connectivity index (χ0) is 18.5. The van der Waals surface area contributed by atoms with Gasteiger partial charge in [0.15, 0.2) is 0 Å².